The number of benzene rings is 2. The van der Waals surface area contributed by atoms with Crippen molar-refractivity contribution in [1.29, 1.82) is 0 Å². The van der Waals surface area contributed by atoms with E-state index in [1.807, 2.05) is 6.07 Å². The highest BCUT2D eigenvalue weighted by Crippen LogP contribution is 2.25. The number of nitrogens with one attached hydrogen (secondary N) is 4. The molecular weight excluding hydrogens is 461 g/mol. The Balaban J connectivity index is 1.25. The molecular formula is C23H28FN5O4S. The lowest BCUT2D eigenvalue weighted by atomic mass is 9.99. The number of aromatic nitrogens is 2. The molecule has 1 aliphatic rings. The minimum absolute atomic E-state index is 0.00432. The van der Waals surface area contributed by atoms with Crippen molar-refractivity contribution in [1.82, 2.24) is 25.1 Å². The van der Waals surface area contributed by atoms with Crippen LogP contribution in [0.15, 0.2) is 56.9 Å². The van der Waals surface area contributed by atoms with Crippen molar-refractivity contribution in [2.24, 2.45) is 0 Å². The summed E-state index contributed by atoms with van der Waals surface area (Å²) in [5.74, 6) is -0.243. The second-order valence-corrected chi connectivity index (χ2v) is 10.7. The number of hydrazine groups is 1. The van der Waals surface area contributed by atoms with Crippen LogP contribution < -0.4 is 22.1 Å². The summed E-state index contributed by atoms with van der Waals surface area (Å²) < 4.78 is 40.6. The fraction of sp³-hybridized carbons (Fsp3) is 0.391. The van der Waals surface area contributed by atoms with Gasteiger partial charge in [-0.3, -0.25) is 20.6 Å². The molecule has 0 saturated carbocycles. The number of sulfonamides is 1. The van der Waals surface area contributed by atoms with Gasteiger partial charge in [-0.05, 0) is 55.2 Å². The topological polar surface area (TPSA) is 127 Å². The summed E-state index contributed by atoms with van der Waals surface area (Å²) in [6.45, 7) is 0.352. The van der Waals surface area contributed by atoms with E-state index >= 15 is 0 Å². The Kier molecular flexibility index (Phi) is 7.27. The van der Waals surface area contributed by atoms with Crippen molar-refractivity contribution in [3.63, 3.8) is 0 Å². The predicted molar refractivity (Wildman–Crippen MR) is 127 cm³/mol. The molecule has 0 bridgehead atoms. The van der Waals surface area contributed by atoms with Crippen LogP contribution in [0.1, 0.15) is 43.7 Å². The number of unbranched alkanes of at least 4 members (excludes halogenated alkanes) is 2. The number of fused-ring (bicyclic) bond motifs is 1. The molecule has 0 radical (unpaired) electrons. The Morgan fingerprint density at radius 2 is 1.85 bits per heavy atom. The first kappa shape index (κ1) is 24.3. The zero-order chi connectivity index (χ0) is 24.3. The van der Waals surface area contributed by atoms with E-state index in [9.17, 15) is 22.4 Å². The van der Waals surface area contributed by atoms with Crippen molar-refractivity contribution in [3.05, 3.63) is 74.7 Å². The third-order valence-electron chi connectivity index (χ3n) is 6.18. The average molecular weight is 490 g/mol. The van der Waals surface area contributed by atoms with Crippen LogP contribution in [0, 0.1) is 5.82 Å². The van der Waals surface area contributed by atoms with Crippen LogP contribution in [0.5, 0.6) is 0 Å². The summed E-state index contributed by atoms with van der Waals surface area (Å²) in [6.07, 6.45) is 4.29. The van der Waals surface area contributed by atoms with Gasteiger partial charge in [0.25, 0.3) is 5.56 Å². The Labute approximate surface area is 196 Å². The van der Waals surface area contributed by atoms with Crippen LogP contribution in [0.4, 0.5) is 4.39 Å². The summed E-state index contributed by atoms with van der Waals surface area (Å²) in [4.78, 5) is 28.0. The monoisotopic (exact) mass is 489 g/mol. The molecule has 0 aliphatic carbocycles. The minimum Gasteiger partial charge on any atom is -0.307 e. The standard InChI is InChI=1S/C23H28FN5O4S/c1-29(34(32,33)18-9-10-20-19(14-18)22(30)26-23(31)25-20)11-4-2-3-8-17-13-21(28-27-17)15-6-5-7-16(24)12-15/h5-7,9-10,12,14,17,21,27-28H,2-4,8,11,13H2,1H3,(H2,25,26,30,31). The zero-order valence-electron chi connectivity index (χ0n) is 18.8. The molecule has 4 rings (SSSR count). The van der Waals surface area contributed by atoms with Crippen molar-refractivity contribution in [2.75, 3.05) is 13.6 Å². The van der Waals surface area contributed by atoms with Crippen molar-refractivity contribution in [2.45, 2.75) is 49.1 Å². The zero-order valence-corrected chi connectivity index (χ0v) is 19.6. The lowest BCUT2D eigenvalue weighted by molar-refractivity contribution is 0.438. The maximum absolute atomic E-state index is 13.4. The lowest BCUT2D eigenvalue weighted by Crippen LogP contribution is -2.31. The molecule has 2 heterocycles. The van der Waals surface area contributed by atoms with Crippen molar-refractivity contribution < 1.29 is 12.8 Å². The van der Waals surface area contributed by atoms with Gasteiger partial charge < -0.3 is 4.98 Å². The Morgan fingerprint density at radius 3 is 2.65 bits per heavy atom. The van der Waals surface area contributed by atoms with Gasteiger partial charge in [0.15, 0.2) is 0 Å². The van der Waals surface area contributed by atoms with E-state index in [-0.39, 0.29) is 33.7 Å². The molecule has 0 amide bonds. The molecule has 1 fully saturated rings. The Bertz CT molecular complexity index is 1390. The maximum atomic E-state index is 13.4. The van der Waals surface area contributed by atoms with E-state index in [1.165, 1.54) is 35.6 Å². The van der Waals surface area contributed by atoms with Gasteiger partial charge in [-0.15, -0.1) is 0 Å². The Morgan fingerprint density at radius 1 is 1.03 bits per heavy atom. The SMILES string of the molecule is CN(CCCCCC1CC(c2cccc(F)c2)NN1)S(=O)(=O)c1ccc2[nH]c(=O)[nH]c(=O)c2c1. The van der Waals surface area contributed by atoms with Gasteiger partial charge in [0.05, 0.1) is 15.8 Å². The number of hydrogen-bond donors (Lipinski definition) is 4. The molecule has 0 spiro atoms. The summed E-state index contributed by atoms with van der Waals surface area (Å²) in [5.41, 5.74) is 6.41. The molecule has 3 aromatic rings. The highest BCUT2D eigenvalue weighted by Gasteiger charge is 2.25. The first-order valence-corrected chi connectivity index (χ1v) is 12.7. The fourth-order valence-corrected chi connectivity index (χ4v) is 5.50. The van der Waals surface area contributed by atoms with E-state index in [4.69, 9.17) is 0 Å². The lowest BCUT2D eigenvalue weighted by Gasteiger charge is -2.17. The Hall–Kier alpha value is -2.86. The van der Waals surface area contributed by atoms with E-state index in [0.29, 0.717) is 13.0 Å². The molecule has 4 N–H and O–H groups in total. The molecule has 11 heteroatoms. The van der Waals surface area contributed by atoms with Crippen molar-refractivity contribution >= 4 is 20.9 Å². The normalized spacial score (nSPS) is 18.7. The summed E-state index contributed by atoms with van der Waals surface area (Å²) in [7, 11) is -2.25. The first-order chi connectivity index (χ1) is 16.2. The molecule has 1 aromatic heterocycles. The third kappa shape index (κ3) is 5.44. The first-order valence-electron chi connectivity index (χ1n) is 11.2. The average Bonchev–Trinajstić information content (AvgIpc) is 3.27. The molecule has 9 nitrogen and oxygen atoms in total. The number of rotatable bonds is 9. The molecule has 2 aromatic carbocycles. The molecule has 2 atom stereocenters. The maximum Gasteiger partial charge on any atom is 0.326 e. The van der Waals surface area contributed by atoms with Gasteiger partial charge in [0.2, 0.25) is 10.0 Å². The highest BCUT2D eigenvalue weighted by atomic mass is 32.2. The van der Waals surface area contributed by atoms with E-state index in [0.717, 1.165) is 31.2 Å². The van der Waals surface area contributed by atoms with Crippen LogP contribution in [-0.2, 0) is 10.0 Å². The smallest absolute Gasteiger partial charge is 0.307 e. The molecule has 34 heavy (non-hydrogen) atoms. The van der Waals surface area contributed by atoms with Crippen LogP contribution >= 0.6 is 0 Å². The van der Waals surface area contributed by atoms with Crippen molar-refractivity contribution in [3.8, 4) is 0 Å². The minimum atomic E-state index is -3.77. The summed E-state index contributed by atoms with van der Waals surface area (Å²) >= 11 is 0. The van der Waals surface area contributed by atoms with Gasteiger partial charge in [0.1, 0.15) is 5.82 Å². The number of nitrogens with zero attached hydrogens (tertiary/aromatic N) is 1. The number of H-pyrrole nitrogens is 2. The van der Waals surface area contributed by atoms with Crippen LogP contribution in [0.25, 0.3) is 10.9 Å². The largest absolute Gasteiger partial charge is 0.326 e. The second-order valence-electron chi connectivity index (χ2n) is 8.62. The summed E-state index contributed by atoms with van der Waals surface area (Å²) in [5, 5.41) is 0.114. The summed E-state index contributed by atoms with van der Waals surface area (Å²) in [6, 6.07) is 11.0. The highest BCUT2D eigenvalue weighted by molar-refractivity contribution is 7.89. The third-order valence-corrected chi connectivity index (χ3v) is 8.03. The fourth-order valence-electron chi connectivity index (χ4n) is 4.26. The predicted octanol–water partition coefficient (Wildman–Crippen LogP) is 2.14. The number of hydrogen-bond acceptors (Lipinski definition) is 6. The molecule has 1 saturated heterocycles. The quantitative estimate of drug-likeness (QED) is 0.341. The second kappa shape index (κ2) is 10.2. The molecule has 1 aliphatic heterocycles. The number of aromatic amines is 2. The van der Waals surface area contributed by atoms with Crippen LogP contribution in [0.3, 0.4) is 0 Å². The van der Waals surface area contributed by atoms with E-state index in [1.54, 1.807) is 12.1 Å². The molecule has 182 valence electrons. The molecule has 2 unspecified atom stereocenters. The van der Waals surface area contributed by atoms with E-state index < -0.39 is 21.3 Å². The van der Waals surface area contributed by atoms with Gasteiger partial charge in [0, 0.05) is 25.7 Å². The van der Waals surface area contributed by atoms with Gasteiger partial charge in [-0.25, -0.2) is 21.9 Å². The van der Waals surface area contributed by atoms with Gasteiger partial charge in [-0.2, -0.15) is 0 Å². The van der Waals surface area contributed by atoms with Gasteiger partial charge >= 0.3 is 5.69 Å². The van der Waals surface area contributed by atoms with Crippen LogP contribution in [-0.4, -0.2) is 42.3 Å². The van der Waals surface area contributed by atoms with Gasteiger partial charge in [-0.1, -0.05) is 25.0 Å². The number of halogens is 1. The van der Waals surface area contributed by atoms with Crippen LogP contribution in [0.2, 0.25) is 0 Å². The van der Waals surface area contributed by atoms with E-state index in [2.05, 4.69) is 20.8 Å².